The molecule has 0 amide bonds. The summed E-state index contributed by atoms with van der Waals surface area (Å²) in [5, 5.41) is 4.43. The number of benzene rings is 5. The summed E-state index contributed by atoms with van der Waals surface area (Å²) < 4.78 is 15.4. The number of cyclic esters (lactones) is 4. The van der Waals surface area contributed by atoms with Crippen LogP contribution in [0.1, 0.15) is 41.4 Å². The van der Waals surface area contributed by atoms with Crippen LogP contribution >= 0.6 is 23.2 Å². The molecule has 0 saturated heterocycles. The van der Waals surface area contributed by atoms with Crippen LogP contribution in [0.2, 0.25) is 10.0 Å². The van der Waals surface area contributed by atoms with Crippen molar-refractivity contribution in [2.75, 3.05) is 7.11 Å². The SMILES string of the molecule is COc1cc2c3c(ccc4c5cc(Cl)c6c7c(c(Cl)cc(c1c34)c75)C(=O)OC6=O)C(=O)OC2=O. The van der Waals surface area contributed by atoms with Gasteiger partial charge in [0, 0.05) is 21.5 Å². The Balaban J connectivity index is 1.89. The molecule has 5 aromatic carbocycles. The van der Waals surface area contributed by atoms with Gasteiger partial charge in [-0.25, -0.2) is 19.2 Å². The zero-order chi connectivity index (χ0) is 23.6. The lowest BCUT2D eigenvalue weighted by molar-refractivity contribution is 0.0373. The molecular weight excluding hydrogens is 483 g/mol. The first-order chi connectivity index (χ1) is 16.3. The Bertz CT molecular complexity index is 1870. The topological polar surface area (TPSA) is 96.0 Å². The van der Waals surface area contributed by atoms with E-state index in [4.69, 9.17) is 37.4 Å². The van der Waals surface area contributed by atoms with Crippen molar-refractivity contribution in [3.63, 3.8) is 0 Å². The van der Waals surface area contributed by atoms with Crippen LogP contribution in [-0.2, 0) is 9.47 Å². The maximum atomic E-state index is 12.6. The van der Waals surface area contributed by atoms with E-state index in [-0.39, 0.29) is 32.3 Å². The monoisotopic (exact) mass is 490 g/mol. The second-order valence-corrected chi connectivity index (χ2v) is 8.89. The van der Waals surface area contributed by atoms with Gasteiger partial charge >= 0.3 is 23.9 Å². The molecular formula is C25H8Cl2O7. The van der Waals surface area contributed by atoms with E-state index in [1.54, 1.807) is 24.3 Å². The number of ether oxygens (including phenoxy) is 3. The Kier molecular flexibility index (Phi) is 3.52. The highest BCUT2D eigenvalue weighted by molar-refractivity contribution is 6.47. The average molecular weight is 491 g/mol. The Hall–Kier alpha value is -3.94. The average Bonchev–Trinajstić information content (AvgIpc) is 2.79. The van der Waals surface area contributed by atoms with Crippen LogP contribution < -0.4 is 4.74 Å². The van der Waals surface area contributed by atoms with Crippen molar-refractivity contribution in [2.45, 2.75) is 0 Å². The quantitative estimate of drug-likeness (QED) is 0.129. The molecule has 5 aromatic rings. The first-order valence-electron chi connectivity index (χ1n) is 10.0. The smallest absolute Gasteiger partial charge is 0.348 e. The minimum absolute atomic E-state index is 0.0468. The van der Waals surface area contributed by atoms with E-state index in [1.165, 1.54) is 13.2 Å². The molecule has 2 aliphatic heterocycles. The van der Waals surface area contributed by atoms with Crippen molar-refractivity contribution in [2.24, 2.45) is 0 Å². The molecule has 2 aliphatic rings. The van der Waals surface area contributed by atoms with Crippen LogP contribution in [0.15, 0.2) is 30.3 Å². The standard InChI is InChI=1S/C25H8Cl2O7/c1-32-14-6-11-15-8(22(28)33-23(11)29)3-2-7-9-4-12(26)19-21-16(9)10(17(14)18(7)15)5-13(27)20(21)25(31)34-24(19)30/h2-6H,1H3. The normalized spacial score (nSPS) is 15.0. The summed E-state index contributed by atoms with van der Waals surface area (Å²) in [6.45, 7) is 0. The Morgan fingerprint density at radius 1 is 0.618 bits per heavy atom. The van der Waals surface area contributed by atoms with E-state index in [0.717, 1.165) is 0 Å². The highest BCUT2D eigenvalue weighted by Gasteiger charge is 2.36. The summed E-state index contributed by atoms with van der Waals surface area (Å²) in [5.41, 5.74) is 0.524. The van der Waals surface area contributed by atoms with Crippen LogP contribution in [0, 0.1) is 0 Å². The highest BCUT2D eigenvalue weighted by atomic mass is 35.5. The van der Waals surface area contributed by atoms with Crippen molar-refractivity contribution in [1.29, 1.82) is 0 Å². The molecule has 0 radical (unpaired) electrons. The Morgan fingerprint density at radius 2 is 1.24 bits per heavy atom. The number of hydrogen-bond acceptors (Lipinski definition) is 7. The molecule has 0 atom stereocenters. The maximum absolute atomic E-state index is 12.6. The molecule has 2 heterocycles. The molecule has 9 heteroatoms. The second-order valence-electron chi connectivity index (χ2n) is 8.08. The van der Waals surface area contributed by atoms with E-state index in [1.807, 2.05) is 0 Å². The van der Waals surface area contributed by atoms with Crippen LogP contribution in [0.5, 0.6) is 5.75 Å². The van der Waals surface area contributed by atoms with Gasteiger partial charge in [0.2, 0.25) is 0 Å². The van der Waals surface area contributed by atoms with Crippen molar-refractivity contribution in [1.82, 2.24) is 0 Å². The fourth-order valence-electron chi connectivity index (χ4n) is 5.28. The number of hydrogen-bond donors (Lipinski definition) is 0. The minimum Gasteiger partial charge on any atom is -0.496 e. The number of carbonyl (C=O) groups excluding carboxylic acids is 4. The first-order valence-corrected chi connectivity index (χ1v) is 10.8. The van der Waals surface area contributed by atoms with Gasteiger partial charge in [-0.2, -0.15) is 0 Å². The number of halogens is 2. The molecule has 0 fully saturated rings. The van der Waals surface area contributed by atoms with Crippen molar-refractivity contribution in [3.8, 4) is 5.75 Å². The molecule has 7 rings (SSSR count). The molecule has 0 bridgehead atoms. The van der Waals surface area contributed by atoms with Gasteiger partial charge in [-0.1, -0.05) is 29.3 Å². The third kappa shape index (κ3) is 2.09. The predicted molar refractivity (Wildman–Crippen MR) is 124 cm³/mol. The molecule has 7 nitrogen and oxygen atoms in total. The summed E-state index contributed by atoms with van der Waals surface area (Å²) in [6, 6.07) is 8.01. The van der Waals surface area contributed by atoms with Crippen molar-refractivity contribution < 1.29 is 33.4 Å². The van der Waals surface area contributed by atoms with E-state index < -0.39 is 23.9 Å². The molecule has 0 unspecified atom stereocenters. The van der Waals surface area contributed by atoms with Gasteiger partial charge in [0.15, 0.2) is 0 Å². The third-order valence-electron chi connectivity index (χ3n) is 6.55. The van der Waals surface area contributed by atoms with Gasteiger partial charge in [0.1, 0.15) is 5.75 Å². The van der Waals surface area contributed by atoms with Crippen molar-refractivity contribution >= 4 is 90.2 Å². The van der Waals surface area contributed by atoms with Crippen LogP contribution in [0.4, 0.5) is 0 Å². The zero-order valence-electron chi connectivity index (χ0n) is 17.0. The predicted octanol–water partition coefficient (Wildman–Crippen LogP) is 5.67. The van der Waals surface area contributed by atoms with E-state index in [0.29, 0.717) is 48.8 Å². The third-order valence-corrected chi connectivity index (χ3v) is 7.15. The van der Waals surface area contributed by atoms with E-state index >= 15 is 0 Å². The fourth-order valence-corrected chi connectivity index (χ4v) is 5.85. The van der Waals surface area contributed by atoms with Gasteiger partial charge in [0.25, 0.3) is 0 Å². The number of methoxy groups -OCH3 is 1. The first kappa shape index (κ1) is 19.5. The van der Waals surface area contributed by atoms with Crippen molar-refractivity contribution in [3.05, 3.63) is 62.6 Å². The molecule has 0 aliphatic carbocycles. The van der Waals surface area contributed by atoms with Gasteiger partial charge < -0.3 is 14.2 Å². The lowest BCUT2D eigenvalue weighted by Crippen LogP contribution is -2.21. The number of carbonyl (C=O) groups is 4. The summed E-state index contributed by atoms with van der Waals surface area (Å²) in [4.78, 5) is 50.4. The molecule has 34 heavy (non-hydrogen) atoms. The van der Waals surface area contributed by atoms with Gasteiger partial charge in [-0.3, -0.25) is 0 Å². The summed E-state index contributed by atoms with van der Waals surface area (Å²) in [7, 11) is 1.45. The lowest BCUT2D eigenvalue weighted by atomic mass is 9.83. The van der Waals surface area contributed by atoms with Gasteiger partial charge in [-0.05, 0) is 45.8 Å². The highest BCUT2D eigenvalue weighted by Crippen LogP contribution is 2.51. The minimum atomic E-state index is -0.862. The number of esters is 4. The molecule has 164 valence electrons. The van der Waals surface area contributed by atoms with Gasteiger partial charge in [0.05, 0.1) is 39.4 Å². The van der Waals surface area contributed by atoms with E-state index in [9.17, 15) is 19.2 Å². The maximum Gasteiger partial charge on any atom is 0.348 e. The Morgan fingerprint density at radius 3 is 1.91 bits per heavy atom. The largest absolute Gasteiger partial charge is 0.496 e. The van der Waals surface area contributed by atoms with E-state index in [2.05, 4.69) is 0 Å². The Labute approximate surface area is 199 Å². The lowest BCUT2D eigenvalue weighted by Gasteiger charge is -2.25. The molecule has 0 N–H and O–H groups in total. The number of fused-ring (bicyclic) bond motifs is 2. The molecule has 0 aromatic heterocycles. The van der Waals surface area contributed by atoms with Crippen LogP contribution in [0.3, 0.4) is 0 Å². The van der Waals surface area contributed by atoms with Crippen LogP contribution in [0.25, 0.3) is 43.1 Å². The summed E-state index contributed by atoms with van der Waals surface area (Å²) in [6.07, 6.45) is 0. The zero-order valence-corrected chi connectivity index (χ0v) is 18.5. The second kappa shape index (κ2) is 6.14. The summed E-state index contributed by atoms with van der Waals surface area (Å²) >= 11 is 13.1. The fraction of sp³-hybridized carbons (Fsp3) is 0.0400. The molecule has 0 saturated carbocycles. The molecule has 0 spiro atoms. The van der Waals surface area contributed by atoms with Crippen LogP contribution in [-0.4, -0.2) is 31.0 Å². The van der Waals surface area contributed by atoms with Gasteiger partial charge in [-0.15, -0.1) is 0 Å². The number of rotatable bonds is 1. The summed E-state index contributed by atoms with van der Waals surface area (Å²) in [5.74, 6) is -2.91.